The van der Waals surface area contributed by atoms with Crippen molar-refractivity contribution in [3.63, 3.8) is 0 Å². The largest absolute Gasteiger partial charge is 0.466 e. The van der Waals surface area contributed by atoms with Gasteiger partial charge in [0.1, 0.15) is 6.10 Å². The van der Waals surface area contributed by atoms with Crippen LogP contribution >= 0.6 is 0 Å². The number of aliphatic hydroxyl groups excluding tert-OH is 2. The van der Waals surface area contributed by atoms with Gasteiger partial charge in [-0.3, -0.25) is 9.59 Å². The molecule has 6 heteroatoms. The molecule has 0 aromatic carbocycles. The van der Waals surface area contributed by atoms with E-state index in [0.29, 0.717) is 6.61 Å². The molecule has 0 bridgehead atoms. The molecular formula is C12H23NO5. The molecule has 1 amide bonds. The van der Waals surface area contributed by atoms with Gasteiger partial charge in [0, 0.05) is 12.0 Å². The molecule has 0 aliphatic rings. The summed E-state index contributed by atoms with van der Waals surface area (Å²) < 4.78 is 4.83. The summed E-state index contributed by atoms with van der Waals surface area (Å²) in [5, 5.41) is 21.1. The number of aliphatic hydroxyl groups is 2. The lowest BCUT2D eigenvalue weighted by molar-refractivity contribution is -0.143. The lowest BCUT2D eigenvalue weighted by atomic mass is 9.87. The fourth-order valence-electron chi connectivity index (χ4n) is 1.11. The highest BCUT2D eigenvalue weighted by Gasteiger charge is 2.32. The molecule has 0 saturated carbocycles. The third-order valence-corrected chi connectivity index (χ3v) is 2.49. The lowest BCUT2D eigenvalue weighted by Gasteiger charge is -2.27. The number of carbonyl (C=O) groups is 2. The molecule has 0 aliphatic heterocycles. The topological polar surface area (TPSA) is 95.9 Å². The minimum Gasteiger partial charge on any atom is -0.466 e. The predicted octanol–water partition coefficient (Wildman–Crippen LogP) is -0.175. The first-order valence-electron chi connectivity index (χ1n) is 6.07. The molecule has 0 fully saturated rings. The summed E-state index contributed by atoms with van der Waals surface area (Å²) in [7, 11) is 0. The van der Waals surface area contributed by atoms with Crippen molar-refractivity contribution < 1.29 is 24.5 Å². The standard InChI is InChI=1S/C12H23NO5/c1-4-7-18-9(15)5-6-13-11(17)10(16)12(2,3)8-14/h10,14,16H,4-8H2,1-3H3,(H,13,17)/t10-/m0/s1. The van der Waals surface area contributed by atoms with Gasteiger partial charge in [-0.2, -0.15) is 0 Å². The summed E-state index contributed by atoms with van der Waals surface area (Å²) in [6.07, 6.45) is -0.492. The van der Waals surface area contributed by atoms with Crippen LogP contribution in [0.3, 0.4) is 0 Å². The van der Waals surface area contributed by atoms with Gasteiger partial charge in [0.2, 0.25) is 5.91 Å². The van der Waals surface area contributed by atoms with Gasteiger partial charge in [-0.15, -0.1) is 0 Å². The highest BCUT2D eigenvalue weighted by molar-refractivity contribution is 5.81. The second-order valence-electron chi connectivity index (χ2n) is 4.81. The number of rotatable bonds is 8. The molecule has 106 valence electrons. The summed E-state index contributed by atoms with van der Waals surface area (Å²) in [5.74, 6) is -0.981. The summed E-state index contributed by atoms with van der Waals surface area (Å²) in [6, 6.07) is 0. The zero-order valence-corrected chi connectivity index (χ0v) is 11.2. The van der Waals surface area contributed by atoms with E-state index in [9.17, 15) is 14.7 Å². The molecule has 3 N–H and O–H groups in total. The van der Waals surface area contributed by atoms with E-state index < -0.39 is 17.4 Å². The van der Waals surface area contributed by atoms with E-state index in [1.807, 2.05) is 6.92 Å². The Kier molecular flexibility index (Phi) is 7.54. The molecule has 6 nitrogen and oxygen atoms in total. The van der Waals surface area contributed by atoms with Crippen LogP contribution in [0.1, 0.15) is 33.6 Å². The molecule has 0 aliphatic carbocycles. The van der Waals surface area contributed by atoms with Crippen LogP contribution in [-0.2, 0) is 14.3 Å². The van der Waals surface area contributed by atoms with Crippen molar-refractivity contribution in [2.45, 2.75) is 39.7 Å². The number of amides is 1. The maximum absolute atomic E-state index is 11.5. The monoisotopic (exact) mass is 261 g/mol. The van der Waals surface area contributed by atoms with Crippen LogP contribution in [0.4, 0.5) is 0 Å². The third kappa shape index (κ3) is 5.97. The third-order valence-electron chi connectivity index (χ3n) is 2.49. The number of ether oxygens (including phenoxy) is 1. The maximum atomic E-state index is 11.5. The average Bonchev–Trinajstić information content (AvgIpc) is 2.35. The van der Waals surface area contributed by atoms with Crippen LogP contribution in [0.25, 0.3) is 0 Å². The van der Waals surface area contributed by atoms with Crippen LogP contribution in [0, 0.1) is 5.41 Å². The van der Waals surface area contributed by atoms with E-state index >= 15 is 0 Å². The second-order valence-corrected chi connectivity index (χ2v) is 4.81. The molecule has 0 radical (unpaired) electrons. The SMILES string of the molecule is CCCOC(=O)CCNC(=O)[C@H](O)C(C)(C)CO. The Morgan fingerprint density at radius 2 is 2.00 bits per heavy atom. The van der Waals surface area contributed by atoms with Gasteiger partial charge in [0.05, 0.1) is 19.6 Å². The smallest absolute Gasteiger partial charge is 0.307 e. The Morgan fingerprint density at radius 1 is 1.39 bits per heavy atom. The second kappa shape index (κ2) is 8.05. The zero-order valence-electron chi connectivity index (χ0n) is 11.2. The number of esters is 1. The fraction of sp³-hybridized carbons (Fsp3) is 0.833. The summed E-state index contributed by atoms with van der Waals surface area (Å²) >= 11 is 0. The van der Waals surface area contributed by atoms with Gasteiger partial charge < -0.3 is 20.3 Å². The van der Waals surface area contributed by atoms with E-state index in [4.69, 9.17) is 9.84 Å². The number of nitrogens with one attached hydrogen (secondary N) is 1. The predicted molar refractivity (Wildman–Crippen MR) is 65.8 cm³/mol. The molecular weight excluding hydrogens is 238 g/mol. The summed E-state index contributed by atoms with van der Waals surface area (Å²) in [4.78, 5) is 22.7. The van der Waals surface area contributed by atoms with Gasteiger partial charge >= 0.3 is 5.97 Å². The van der Waals surface area contributed by atoms with Crippen molar-refractivity contribution in [2.75, 3.05) is 19.8 Å². The highest BCUT2D eigenvalue weighted by Crippen LogP contribution is 2.19. The van der Waals surface area contributed by atoms with Crippen LogP contribution < -0.4 is 5.32 Å². The first-order chi connectivity index (χ1) is 8.35. The van der Waals surface area contributed by atoms with Crippen LogP contribution in [-0.4, -0.2) is 48.0 Å². The van der Waals surface area contributed by atoms with Crippen molar-refractivity contribution in [1.29, 1.82) is 0 Å². The minimum absolute atomic E-state index is 0.0675. The van der Waals surface area contributed by atoms with E-state index in [2.05, 4.69) is 5.32 Å². The molecule has 0 unspecified atom stereocenters. The van der Waals surface area contributed by atoms with E-state index in [-0.39, 0.29) is 25.5 Å². The Balaban J connectivity index is 3.94. The molecule has 0 spiro atoms. The Hall–Kier alpha value is -1.14. The zero-order chi connectivity index (χ0) is 14.2. The first-order valence-corrected chi connectivity index (χ1v) is 6.07. The lowest BCUT2D eigenvalue weighted by Crippen LogP contribution is -2.46. The van der Waals surface area contributed by atoms with Crippen molar-refractivity contribution in [3.8, 4) is 0 Å². The highest BCUT2D eigenvalue weighted by atomic mass is 16.5. The summed E-state index contributed by atoms with van der Waals surface area (Å²) in [6.45, 7) is 5.22. The minimum atomic E-state index is -1.31. The van der Waals surface area contributed by atoms with Crippen LogP contribution in [0.15, 0.2) is 0 Å². The van der Waals surface area contributed by atoms with Gasteiger partial charge in [-0.25, -0.2) is 0 Å². The molecule has 0 aromatic heterocycles. The van der Waals surface area contributed by atoms with E-state index in [1.165, 1.54) is 0 Å². The quantitative estimate of drug-likeness (QED) is 0.527. The molecule has 0 aromatic rings. The van der Waals surface area contributed by atoms with E-state index in [0.717, 1.165) is 6.42 Å². The normalized spacial score (nSPS) is 12.9. The van der Waals surface area contributed by atoms with Crippen molar-refractivity contribution >= 4 is 11.9 Å². The Bertz CT molecular complexity index is 278. The summed E-state index contributed by atoms with van der Waals surface area (Å²) in [5.41, 5.74) is -0.910. The Morgan fingerprint density at radius 3 is 2.50 bits per heavy atom. The number of carbonyl (C=O) groups excluding carboxylic acids is 2. The molecule has 18 heavy (non-hydrogen) atoms. The fourth-order valence-corrected chi connectivity index (χ4v) is 1.11. The molecule has 0 heterocycles. The maximum Gasteiger partial charge on any atom is 0.307 e. The van der Waals surface area contributed by atoms with Gasteiger partial charge in [0.25, 0.3) is 0 Å². The van der Waals surface area contributed by atoms with Crippen LogP contribution in [0.5, 0.6) is 0 Å². The van der Waals surface area contributed by atoms with Gasteiger partial charge in [-0.1, -0.05) is 20.8 Å². The van der Waals surface area contributed by atoms with Crippen molar-refractivity contribution in [2.24, 2.45) is 5.41 Å². The average molecular weight is 261 g/mol. The van der Waals surface area contributed by atoms with Crippen molar-refractivity contribution in [3.05, 3.63) is 0 Å². The van der Waals surface area contributed by atoms with Gasteiger partial charge in [-0.05, 0) is 6.42 Å². The number of hydrogen-bond acceptors (Lipinski definition) is 5. The van der Waals surface area contributed by atoms with Gasteiger partial charge in [0.15, 0.2) is 0 Å². The molecule has 0 saturated heterocycles. The Labute approximate surface area is 107 Å². The van der Waals surface area contributed by atoms with E-state index in [1.54, 1.807) is 13.8 Å². The first kappa shape index (κ1) is 16.9. The number of hydrogen-bond donors (Lipinski definition) is 3. The molecule has 0 rings (SSSR count). The van der Waals surface area contributed by atoms with Crippen LogP contribution in [0.2, 0.25) is 0 Å². The van der Waals surface area contributed by atoms with Crippen molar-refractivity contribution in [1.82, 2.24) is 5.32 Å². The molecule has 1 atom stereocenters.